The fraction of sp³-hybridized carbons (Fsp3) is 0.733. The summed E-state index contributed by atoms with van der Waals surface area (Å²) in [6.07, 6.45) is 4.43. The number of unbranched alkanes of at least 4 members (excludes halogenated alkanes) is 2. The summed E-state index contributed by atoms with van der Waals surface area (Å²) in [5.41, 5.74) is -0.230. The van der Waals surface area contributed by atoms with E-state index in [2.05, 4.69) is 12.2 Å². The molecule has 116 valence electrons. The van der Waals surface area contributed by atoms with E-state index in [1.54, 1.807) is 33.8 Å². The van der Waals surface area contributed by atoms with Crippen LogP contribution in [0.15, 0.2) is 11.6 Å². The van der Waals surface area contributed by atoms with Crippen molar-refractivity contribution in [1.29, 1.82) is 0 Å². The summed E-state index contributed by atoms with van der Waals surface area (Å²) < 4.78 is 5.12. The monoisotopic (exact) mass is 285 g/mol. The molecule has 0 saturated carbocycles. The van der Waals surface area contributed by atoms with Gasteiger partial charge in [-0.3, -0.25) is 0 Å². The highest BCUT2D eigenvalue weighted by Gasteiger charge is 2.17. The molecule has 1 atom stereocenters. The van der Waals surface area contributed by atoms with Gasteiger partial charge in [0.1, 0.15) is 5.60 Å². The van der Waals surface area contributed by atoms with Crippen molar-refractivity contribution in [1.82, 2.24) is 5.32 Å². The normalized spacial score (nSPS) is 13.8. The Bertz CT molecular complexity index is 355. The Kier molecular flexibility index (Phi) is 7.96. The van der Waals surface area contributed by atoms with Crippen LogP contribution >= 0.6 is 0 Å². The van der Waals surface area contributed by atoms with Gasteiger partial charge in [-0.15, -0.1) is 0 Å². The van der Waals surface area contributed by atoms with Crippen LogP contribution in [0, 0.1) is 0 Å². The highest BCUT2D eigenvalue weighted by molar-refractivity contribution is 5.86. The van der Waals surface area contributed by atoms with Crippen LogP contribution in [0.5, 0.6) is 0 Å². The molecule has 0 aromatic heterocycles. The van der Waals surface area contributed by atoms with Gasteiger partial charge in [0.05, 0.1) is 0 Å². The number of ether oxygens (including phenoxy) is 1. The van der Waals surface area contributed by atoms with Crippen molar-refractivity contribution in [2.75, 3.05) is 0 Å². The molecule has 0 bridgehead atoms. The largest absolute Gasteiger partial charge is 0.478 e. The number of alkyl carbamates (subject to hydrolysis) is 1. The van der Waals surface area contributed by atoms with Crippen molar-refractivity contribution in [3.05, 3.63) is 11.6 Å². The number of amides is 1. The second-order valence-corrected chi connectivity index (χ2v) is 5.89. The Morgan fingerprint density at radius 1 is 1.30 bits per heavy atom. The van der Waals surface area contributed by atoms with E-state index in [1.807, 2.05) is 0 Å². The lowest BCUT2D eigenvalue weighted by atomic mass is 10.1. The van der Waals surface area contributed by atoms with Crippen LogP contribution in [-0.4, -0.2) is 28.8 Å². The lowest BCUT2D eigenvalue weighted by Crippen LogP contribution is -2.37. The predicted molar refractivity (Wildman–Crippen MR) is 78.7 cm³/mol. The number of carbonyl (C=O) groups excluding carboxylic acids is 1. The third kappa shape index (κ3) is 9.42. The van der Waals surface area contributed by atoms with Crippen LogP contribution in [0.1, 0.15) is 60.3 Å². The molecule has 5 heteroatoms. The molecular formula is C15H27NO4. The van der Waals surface area contributed by atoms with E-state index in [1.165, 1.54) is 0 Å². The van der Waals surface area contributed by atoms with Gasteiger partial charge in [-0.05, 0) is 40.5 Å². The summed E-state index contributed by atoms with van der Waals surface area (Å²) in [6.45, 7) is 9.13. The van der Waals surface area contributed by atoms with Gasteiger partial charge in [0.2, 0.25) is 0 Å². The molecule has 1 unspecified atom stereocenters. The standard InChI is InChI=1S/C15H27NO4/c1-6-7-8-9-12(13(17)18)10-11(2)16-14(19)20-15(3,4)5/h10-11H,6-9H2,1-5H3,(H,16,19)(H,17,18)/b12-10-. The molecule has 0 fully saturated rings. The van der Waals surface area contributed by atoms with Crippen LogP contribution in [0.3, 0.4) is 0 Å². The number of hydrogen-bond donors (Lipinski definition) is 2. The van der Waals surface area contributed by atoms with E-state index in [-0.39, 0.29) is 6.04 Å². The molecular weight excluding hydrogens is 258 g/mol. The first-order valence-electron chi connectivity index (χ1n) is 7.09. The van der Waals surface area contributed by atoms with Gasteiger partial charge in [0, 0.05) is 11.6 Å². The van der Waals surface area contributed by atoms with E-state index >= 15 is 0 Å². The molecule has 0 aliphatic rings. The summed E-state index contributed by atoms with van der Waals surface area (Å²) in [7, 11) is 0. The number of hydrogen-bond acceptors (Lipinski definition) is 3. The van der Waals surface area contributed by atoms with Crippen LogP contribution < -0.4 is 5.32 Å². The fourth-order valence-corrected chi connectivity index (χ4v) is 1.66. The fourth-order valence-electron chi connectivity index (χ4n) is 1.66. The lowest BCUT2D eigenvalue weighted by molar-refractivity contribution is -0.132. The maximum atomic E-state index is 11.6. The minimum atomic E-state index is -0.932. The Balaban J connectivity index is 4.48. The van der Waals surface area contributed by atoms with Gasteiger partial charge < -0.3 is 15.2 Å². The molecule has 0 radical (unpaired) electrons. The average Bonchev–Trinajstić information content (AvgIpc) is 2.24. The van der Waals surface area contributed by atoms with Crippen molar-refractivity contribution in [3.63, 3.8) is 0 Å². The minimum absolute atomic E-state index is 0.335. The smallest absolute Gasteiger partial charge is 0.408 e. The van der Waals surface area contributed by atoms with Crippen molar-refractivity contribution >= 4 is 12.1 Å². The molecule has 0 aliphatic heterocycles. The minimum Gasteiger partial charge on any atom is -0.478 e. The van der Waals surface area contributed by atoms with Gasteiger partial charge in [0.25, 0.3) is 0 Å². The van der Waals surface area contributed by atoms with Crippen molar-refractivity contribution in [2.24, 2.45) is 0 Å². The zero-order valence-electron chi connectivity index (χ0n) is 13.2. The summed E-state index contributed by atoms with van der Waals surface area (Å²) >= 11 is 0. The van der Waals surface area contributed by atoms with Gasteiger partial charge in [0.15, 0.2) is 0 Å². The zero-order chi connectivity index (χ0) is 15.8. The first-order valence-corrected chi connectivity index (χ1v) is 7.09. The van der Waals surface area contributed by atoms with E-state index in [0.29, 0.717) is 12.0 Å². The molecule has 0 rings (SSSR count). The van der Waals surface area contributed by atoms with Crippen molar-refractivity contribution in [2.45, 2.75) is 71.9 Å². The number of carboxylic acids is 1. The molecule has 2 N–H and O–H groups in total. The van der Waals surface area contributed by atoms with E-state index < -0.39 is 17.7 Å². The van der Waals surface area contributed by atoms with Gasteiger partial charge in [-0.25, -0.2) is 9.59 Å². The molecule has 0 spiro atoms. The first kappa shape index (κ1) is 18.5. The number of carbonyl (C=O) groups is 2. The predicted octanol–water partition coefficient (Wildman–Crippen LogP) is 3.49. The molecule has 0 aliphatic carbocycles. The Morgan fingerprint density at radius 2 is 1.90 bits per heavy atom. The zero-order valence-corrected chi connectivity index (χ0v) is 13.2. The molecule has 1 amide bonds. The second-order valence-electron chi connectivity index (χ2n) is 5.89. The average molecular weight is 285 g/mol. The highest BCUT2D eigenvalue weighted by atomic mass is 16.6. The molecule has 0 heterocycles. The molecule has 0 aromatic rings. The number of aliphatic carboxylic acids is 1. The molecule has 0 aromatic carbocycles. The van der Waals surface area contributed by atoms with Gasteiger partial charge in [-0.2, -0.15) is 0 Å². The third-order valence-corrected chi connectivity index (χ3v) is 2.52. The van der Waals surface area contributed by atoms with Crippen LogP contribution in [-0.2, 0) is 9.53 Å². The Labute approximate surface area is 121 Å². The molecule has 5 nitrogen and oxygen atoms in total. The Morgan fingerprint density at radius 3 is 2.35 bits per heavy atom. The molecule has 20 heavy (non-hydrogen) atoms. The summed E-state index contributed by atoms with van der Waals surface area (Å²) in [4.78, 5) is 22.7. The van der Waals surface area contributed by atoms with E-state index in [4.69, 9.17) is 9.84 Å². The highest BCUT2D eigenvalue weighted by Crippen LogP contribution is 2.11. The topological polar surface area (TPSA) is 75.6 Å². The van der Waals surface area contributed by atoms with E-state index in [0.717, 1.165) is 19.3 Å². The van der Waals surface area contributed by atoms with Crippen LogP contribution in [0.25, 0.3) is 0 Å². The second kappa shape index (κ2) is 8.61. The lowest BCUT2D eigenvalue weighted by Gasteiger charge is -2.21. The molecule has 0 saturated heterocycles. The van der Waals surface area contributed by atoms with Gasteiger partial charge >= 0.3 is 12.1 Å². The third-order valence-electron chi connectivity index (χ3n) is 2.52. The quantitative estimate of drug-likeness (QED) is 0.554. The summed E-state index contributed by atoms with van der Waals surface area (Å²) in [5.74, 6) is -0.932. The maximum absolute atomic E-state index is 11.6. The van der Waals surface area contributed by atoms with E-state index in [9.17, 15) is 9.59 Å². The Hall–Kier alpha value is -1.52. The first-order chi connectivity index (χ1) is 9.15. The SMILES string of the molecule is CCCCC/C(=C/C(C)NC(=O)OC(C)(C)C)C(=O)O. The number of rotatable bonds is 7. The van der Waals surface area contributed by atoms with Crippen molar-refractivity contribution in [3.8, 4) is 0 Å². The van der Waals surface area contributed by atoms with Gasteiger partial charge in [-0.1, -0.05) is 25.8 Å². The summed E-state index contributed by atoms with van der Waals surface area (Å²) in [5, 5.41) is 11.7. The number of nitrogens with one attached hydrogen (secondary N) is 1. The summed E-state index contributed by atoms with van der Waals surface area (Å²) in [6, 6.07) is -0.377. The van der Waals surface area contributed by atoms with Crippen LogP contribution in [0.2, 0.25) is 0 Å². The maximum Gasteiger partial charge on any atom is 0.408 e. The van der Waals surface area contributed by atoms with Crippen molar-refractivity contribution < 1.29 is 19.4 Å². The van der Waals surface area contributed by atoms with Crippen LogP contribution in [0.4, 0.5) is 4.79 Å². The number of carboxylic acid groups (broad SMARTS) is 1.